The highest BCUT2D eigenvalue weighted by atomic mass is 35.5. The molecule has 0 radical (unpaired) electrons. The fraction of sp³-hybridized carbons (Fsp3) is 0. The van der Waals surface area contributed by atoms with Gasteiger partial charge in [0.1, 0.15) is 11.6 Å². The molecule has 0 aliphatic rings. The maximum atomic E-state index is 13.2. The molecule has 0 bridgehead atoms. The van der Waals surface area contributed by atoms with Crippen LogP contribution in [0.4, 0.5) is 10.1 Å². The van der Waals surface area contributed by atoms with Crippen molar-refractivity contribution in [3.05, 3.63) is 59.5 Å². The van der Waals surface area contributed by atoms with Crippen LogP contribution in [-0.4, -0.2) is 4.98 Å². The molecule has 3 nitrogen and oxygen atoms in total. The Kier molecular flexibility index (Phi) is 3.16. The van der Waals surface area contributed by atoms with E-state index < -0.39 is 0 Å². The Bertz CT molecular complexity index is 792. The van der Waals surface area contributed by atoms with Crippen molar-refractivity contribution in [2.75, 3.05) is 5.73 Å². The van der Waals surface area contributed by atoms with Gasteiger partial charge in [0, 0.05) is 5.39 Å². The van der Waals surface area contributed by atoms with E-state index in [4.69, 9.17) is 22.1 Å². The number of hydrogen-bond donors (Lipinski definition) is 1. The third-order valence-electron chi connectivity index (χ3n) is 2.86. The molecule has 5 heteroatoms. The summed E-state index contributed by atoms with van der Waals surface area (Å²) in [6.07, 6.45) is 1.56. The van der Waals surface area contributed by atoms with Gasteiger partial charge < -0.3 is 10.5 Å². The predicted molar refractivity (Wildman–Crippen MR) is 77.6 cm³/mol. The van der Waals surface area contributed by atoms with E-state index in [2.05, 4.69) is 4.98 Å². The van der Waals surface area contributed by atoms with Crippen LogP contribution in [0.5, 0.6) is 11.5 Å². The van der Waals surface area contributed by atoms with Gasteiger partial charge in [0.2, 0.25) is 0 Å². The third kappa shape index (κ3) is 2.38. The Morgan fingerprint density at radius 3 is 2.85 bits per heavy atom. The summed E-state index contributed by atoms with van der Waals surface area (Å²) >= 11 is 5.93. The molecule has 0 aliphatic heterocycles. The smallest absolute Gasteiger partial charge is 0.151 e. The first-order valence-electron chi connectivity index (χ1n) is 5.90. The lowest BCUT2D eigenvalue weighted by Crippen LogP contribution is -1.93. The minimum absolute atomic E-state index is 0.321. The summed E-state index contributed by atoms with van der Waals surface area (Å²) in [5.41, 5.74) is 6.88. The van der Waals surface area contributed by atoms with Crippen LogP contribution in [0.2, 0.25) is 5.02 Å². The zero-order valence-electron chi connectivity index (χ0n) is 10.3. The largest absolute Gasteiger partial charge is 0.454 e. The van der Waals surface area contributed by atoms with Crippen molar-refractivity contribution < 1.29 is 9.13 Å². The van der Waals surface area contributed by atoms with E-state index in [1.165, 1.54) is 12.1 Å². The standard InChI is InChI=1S/C15H10ClFN2O/c16-12-2-1-3-14(15(12)18)20-11-7-9-6-10(17)4-5-13(9)19-8-11/h1-8H,18H2. The average Bonchev–Trinajstić information content (AvgIpc) is 2.43. The number of nitrogens with zero attached hydrogens (tertiary/aromatic N) is 1. The molecule has 2 aromatic carbocycles. The topological polar surface area (TPSA) is 48.1 Å². The van der Waals surface area contributed by atoms with Crippen molar-refractivity contribution in [2.45, 2.75) is 0 Å². The molecule has 3 aromatic rings. The minimum Gasteiger partial charge on any atom is -0.454 e. The van der Waals surface area contributed by atoms with E-state index in [1.807, 2.05) is 0 Å². The van der Waals surface area contributed by atoms with Crippen molar-refractivity contribution >= 4 is 28.2 Å². The second kappa shape index (κ2) is 4.98. The number of nitrogens with two attached hydrogens (primary N) is 1. The number of rotatable bonds is 2. The number of benzene rings is 2. The van der Waals surface area contributed by atoms with Crippen LogP contribution in [0.3, 0.4) is 0 Å². The maximum absolute atomic E-state index is 13.2. The van der Waals surface area contributed by atoms with Crippen molar-refractivity contribution in [1.82, 2.24) is 4.98 Å². The summed E-state index contributed by atoms with van der Waals surface area (Å²) in [4.78, 5) is 4.21. The van der Waals surface area contributed by atoms with Crippen LogP contribution in [0.25, 0.3) is 10.9 Å². The first kappa shape index (κ1) is 12.7. The number of nitrogen functional groups attached to an aromatic ring is 1. The zero-order valence-corrected chi connectivity index (χ0v) is 11.1. The molecule has 0 saturated carbocycles. The van der Waals surface area contributed by atoms with Crippen LogP contribution in [-0.2, 0) is 0 Å². The number of pyridine rings is 1. The first-order chi connectivity index (χ1) is 9.63. The third-order valence-corrected chi connectivity index (χ3v) is 3.19. The van der Waals surface area contributed by atoms with E-state index in [-0.39, 0.29) is 5.82 Å². The minimum atomic E-state index is -0.321. The van der Waals surface area contributed by atoms with Crippen LogP contribution in [0.15, 0.2) is 48.7 Å². The second-order valence-corrected chi connectivity index (χ2v) is 4.67. The van der Waals surface area contributed by atoms with Crippen LogP contribution < -0.4 is 10.5 Å². The molecule has 1 aromatic heterocycles. The van der Waals surface area contributed by atoms with Gasteiger partial charge in [-0.15, -0.1) is 0 Å². The summed E-state index contributed by atoms with van der Waals surface area (Å²) in [5.74, 6) is 0.589. The highest BCUT2D eigenvalue weighted by Gasteiger charge is 2.07. The molecule has 0 spiro atoms. The molecule has 0 fully saturated rings. The Morgan fingerprint density at radius 2 is 2.00 bits per heavy atom. The van der Waals surface area contributed by atoms with Gasteiger partial charge in [0.25, 0.3) is 0 Å². The summed E-state index contributed by atoms with van der Waals surface area (Å²) in [7, 11) is 0. The van der Waals surface area contributed by atoms with Gasteiger partial charge in [0.15, 0.2) is 5.75 Å². The van der Waals surface area contributed by atoms with Gasteiger partial charge in [-0.2, -0.15) is 0 Å². The van der Waals surface area contributed by atoms with Crippen molar-refractivity contribution in [2.24, 2.45) is 0 Å². The van der Waals surface area contributed by atoms with Crippen LogP contribution >= 0.6 is 11.6 Å². The van der Waals surface area contributed by atoms with E-state index >= 15 is 0 Å². The van der Waals surface area contributed by atoms with E-state index in [1.54, 1.807) is 36.5 Å². The van der Waals surface area contributed by atoms with Crippen LogP contribution in [0.1, 0.15) is 0 Å². The van der Waals surface area contributed by atoms with Crippen molar-refractivity contribution in [3.63, 3.8) is 0 Å². The molecule has 1 heterocycles. The maximum Gasteiger partial charge on any atom is 0.151 e. The number of hydrogen-bond acceptors (Lipinski definition) is 3. The number of anilines is 1. The number of para-hydroxylation sites is 1. The number of fused-ring (bicyclic) bond motifs is 1. The van der Waals surface area contributed by atoms with Gasteiger partial charge >= 0.3 is 0 Å². The highest BCUT2D eigenvalue weighted by Crippen LogP contribution is 2.33. The quantitative estimate of drug-likeness (QED) is 0.711. The predicted octanol–water partition coefficient (Wildman–Crippen LogP) is 4.40. The summed E-state index contributed by atoms with van der Waals surface area (Å²) in [5, 5.41) is 1.07. The summed E-state index contributed by atoms with van der Waals surface area (Å²) in [6.45, 7) is 0. The SMILES string of the molecule is Nc1c(Cl)cccc1Oc1cnc2ccc(F)cc2c1. The number of halogens is 2. The van der Waals surface area contributed by atoms with Crippen molar-refractivity contribution in [3.8, 4) is 11.5 Å². The normalized spacial score (nSPS) is 10.7. The molecule has 20 heavy (non-hydrogen) atoms. The molecule has 0 saturated heterocycles. The Balaban J connectivity index is 2.00. The van der Waals surface area contributed by atoms with Crippen molar-refractivity contribution in [1.29, 1.82) is 0 Å². The van der Waals surface area contributed by atoms with Gasteiger partial charge in [-0.25, -0.2) is 4.39 Å². The molecular formula is C15H10ClFN2O. The van der Waals surface area contributed by atoms with Crippen LogP contribution in [0, 0.1) is 5.82 Å². The highest BCUT2D eigenvalue weighted by molar-refractivity contribution is 6.33. The lowest BCUT2D eigenvalue weighted by Gasteiger charge is -2.09. The molecule has 0 unspecified atom stereocenters. The summed E-state index contributed by atoms with van der Waals surface area (Å²) < 4.78 is 18.8. The van der Waals surface area contributed by atoms with E-state index in [9.17, 15) is 4.39 Å². The monoisotopic (exact) mass is 288 g/mol. The summed E-state index contributed by atoms with van der Waals surface area (Å²) in [6, 6.07) is 11.2. The van der Waals surface area contributed by atoms with Gasteiger partial charge in [-0.1, -0.05) is 17.7 Å². The Morgan fingerprint density at radius 1 is 1.15 bits per heavy atom. The Labute approximate surface area is 119 Å². The zero-order chi connectivity index (χ0) is 14.1. The lowest BCUT2D eigenvalue weighted by molar-refractivity contribution is 0.484. The fourth-order valence-electron chi connectivity index (χ4n) is 1.87. The molecule has 0 amide bonds. The van der Waals surface area contributed by atoms with Gasteiger partial charge in [-0.05, 0) is 36.4 Å². The van der Waals surface area contributed by atoms with E-state index in [0.29, 0.717) is 33.1 Å². The van der Waals surface area contributed by atoms with Gasteiger partial charge in [0.05, 0.1) is 22.4 Å². The molecule has 100 valence electrons. The fourth-order valence-corrected chi connectivity index (χ4v) is 2.04. The molecular weight excluding hydrogens is 279 g/mol. The Hall–Kier alpha value is -2.33. The molecule has 3 rings (SSSR count). The lowest BCUT2D eigenvalue weighted by atomic mass is 10.2. The van der Waals surface area contributed by atoms with E-state index in [0.717, 1.165) is 0 Å². The molecule has 2 N–H and O–H groups in total. The second-order valence-electron chi connectivity index (χ2n) is 4.26. The van der Waals surface area contributed by atoms with Gasteiger partial charge in [-0.3, -0.25) is 4.98 Å². The average molecular weight is 289 g/mol. The number of aromatic nitrogens is 1. The molecule has 0 atom stereocenters. The molecule has 0 aliphatic carbocycles. The first-order valence-corrected chi connectivity index (χ1v) is 6.28. The number of ether oxygens (including phenoxy) is 1.